The fourth-order valence-electron chi connectivity index (χ4n) is 3.90. The van der Waals surface area contributed by atoms with Crippen molar-refractivity contribution in [3.63, 3.8) is 0 Å². The number of halogens is 1. The molecule has 0 aliphatic heterocycles. The van der Waals surface area contributed by atoms with Crippen LogP contribution in [0.4, 0.5) is 0 Å². The van der Waals surface area contributed by atoms with E-state index in [4.69, 9.17) is 0 Å². The third-order valence-corrected chi connectivity index (χ3v) is 6.71. The molecular weight excluding hydrogens is 427 g/mol. The van der Waals surface area contributed by atoms with E-state index in [-0.39, 0.29) is 0 Å². The van der Waals surface area contributed by atoms with Crippen LogP contribution in [0.15, 0.2) is 12.1 Å². The van der Waals surface area contributed by atoms with E-state index in [1.54, 1.807) is 11.1 Å². The lowest BCUT2D eigenvalue weighted by Crippen LogP contribution is -1.98. The van der Waals surface area contributed by atoms with Crippen molar-refractivity contribution >= 4 is 22.6 Å². The maximum atomic E-state index is 2.51. The first-order valence-electron chi connectivity index (χ1n) is 11.3. The summed E-state index contributed by atoms with van der Waals surface area (Å²) in [6.45, 7) is 6.86. The number of alkyl halides is 1. The summed E-state index contributed by atoms with van der Waals surface area (Å²) in [5.74, 6) is 0. The smallest absolute Gasteiger partial charge is 0.0249 e. The van der Waals surface area contributed by atoms with Crippen LogP contribution in [0.25, 0.3) is 0 Å². The Bertz CT molecular complexity index is 463. The average Bonchev–Trinajstić information content (AvgIpc) is 2.65. The van der Waals surface area contributed by atoms with Gasteiger partial charge < -0.3 is 0 Å². The van der Waals surface area contributed by atoms with Crippen molar-refractivity contribution in [1.82, 2.24) is 0 Å². The first-order chi connectivity index (χ1) is 12.7. The maximum Gasteiger partial charge on any atom is 0.0249 e. The molecule has 1 aromatic carbocycles. The summed E-state index contributed by atoms with van der Waals surface area (Å²) in [4.78, 5) is 0. The first-order valence-corrected chi connectivity index (χ1v) is 12.9. The molecule has 0 spiro atoms. The van der Waals surface area contributed by atoms with Gasteiger partial charge in [-0.25, -0.2) is 0 Å². The standard InChI is InChI=1S/C25H43I/c1-4-5-6-7-8-9-10-11-12-13-14-15-16-17-18-25-23(3)22(2)19-20-24(25)21-26/h19-20H,4-18,21H2,1-3H3. The van der Waals surface area contributed by atoms with Gasteiger partial charge in [0.15, 0.2) is 0 Å². The summed E-state index contributed by atoms with van der Waals surface area (Å²) in [6.07, 6.45) is 21.5. The van der Waals surface area contributed by atoms with Gasteiger partial charge in [-0.05, 0) is 48.9 Å². The molecule has 0 radical (unpaired) electrons. The van der Waals surface area contributed by atoms with E-state index >= 15 is 0 Å². The highest BCUT2D eigenvalue weighted by molar-refractivity contribution is 14.1. The molecule has 1 aromatic rings. The minimum absolute atomic E-state index is 1.15. The van der Waals surface area contributed by atoms with E-state index in [1.165, 1.54) is 107 Å². The highest BCUT2D eigenvalue weighted by Gasteiger charge is 2.07. The second-order valence-electron chi connectivity index (χ2n) is 8.12. The van der Waals surface area contributed by atoms with Gasteiger partial charge in [-0.2, -0.15) is 0 Å². The summed E-state index contributed by atoms with van der Waals surface area (Å²) in [6, 6.07) is 4.63. The van der Waals surface area contributed by atoms with Gasteiger partial charge in [0.2, 0.25) is 0 Å². The molecule has 0 amide bonds. The molecule has 0 aliphatic rings. The predicted molar refractivity (Wildman–Crippen MR) is 128 cm³/mol. The van der Waals surface area contributed by atoms with Crippen LogP contribution in [0.2, 0.25) is 0 Å². The number of hydrogen-bond acceptors (Lipinski definition) is 0. The Balaban J connectivity index is 1.98. The fraction of sp³-hybridized carbons (Fsp3) is 0.760. The minimum Gasteiger partial charge on any atom is -0.0812 e. The van der Waals surface area contributed by atoms with Crippen LogP contribution < -0.4 is 0 Å². The molecule has 0 atom stereocenters. The number of hydrogen-bond donors (Lipinski definition) is 0. The Kier molecular flexibility index (Phi) is 14.7. The SMILES string of the molecule is CCCCCCCCCCCCCCCCc1c(CI)ccc(C)c1C. The van der Waals surface area contributed by atoms with Crippen molar-refractivity contribution in [3.8, 4) is 0 Å². The van der Waals surface area contributed by atoms with Crippen molar-refractivity contribution in [2.45, 2.75) is 122 Å². The summed E-state index contributed by atoms with van der Waals surface area (Å²) in [7, 11) is 0. The van der Waals surface area contributed by atoms with Crippen LogP contribution in [0.3, 0.4) is 0 Å². The number of rotatable bonds is 16. The van der Waals surface area contributed by atoms with Crippen LogP contribution >= 0.6 is 22.6 Å². The fourth-order valence-corrected chi connectivity index (χ4v) is 4.61. The Labute approximate surface area is 178 Å². The monoisotopic (exact) mass is 470 g/mol. The van der Waals surface area contributed by atoms with E-state index in [2.05, 4.69) is 55.5 Å². The zero-order valence-electron chi connectivity index (χ0n) is 17.8. The minimum atomic E-state index is 1.15. The van der Waals surface area contributed by atoms with E-state index in [0.29, 0.717) is 0 Å². The molecule has 0 aliphatic carbocycles. The molecular formula is C25H43I. The van der Waals surface area contributed by atoms with Gasteiger partial charge in [-0.1, -0.05) is 125 Å². The Morgan fingerprint density at radius 2 is 1.12 bits per heavy atom. The van der Waals surface area contributed by atoms with Crippen molar-refractivity contribution < 1.29 is 0 Å². The second-order valence-corrected chi connectivity index (χ2v) is 8.89. The number of aryl methyl sites for hydroxylation is 1. The summed E-state index contributed by atoms with van der Waals surface area (Å²) in [5.41, 5.74) is 6.19. The third kappa shape index (κ3) is 10.3. The first kappa shape index (κ1) is 24.0. The molecule has 0 heterocycles. The van der Waals surface area contributed by atoms with Crippen LogP contribution in [0.5, 0.6) is 0 Å². The van der Waals surface area contributed by atoms with E-state index in [9.17, 15) is 0 Å². The van der Waals surface area contributed by atoms with E-state index in [0.717, 1.165) is 4.43 Å². The molecule has 1 heteroatoms. The Morgan fingerprint density at radius 3 is 1.58 bits per heavy atom. The number of benzene rings is 1. The second kappa shape index (κ2) is 16.0. The van der Waals surface area contributed by atoms with Crippen molar-refractivity contribution in [2.24, 2.45) is 0 Å². The Morgan fingerprint density at radius 1 is 0.654 bits per heavy atom. The summed E-state index contributed by atoms with van der Waals surface area (Å²) >= 11 is 2.51. The molecule has 0 aromatic heterocycles. The predicted octanol–water partition coefficient (Wildman–Crippen LogP) is 9.26. The normalized spacial score (nSPS) is 11.2. The quantitative estimate of drug-likeness (QED) is 0.128. The molecule has 0 bridgehead atoms. The molecule has 0 fully saturated rings. The topological polar surface area (TPSA) is 0 Å². The highest BCUT2D eigenvalue weighted by Crippen LogP contribution is 2.23. The third-order valence-electron chi connectivity index (χ3n) is 5.89. The lowest BCUT2D eigenvalue weighted by atomic mass is 9.94. The van der Waals surface area contributed by atoms with Gasteiger partial charge in [-0.3, -0.25) is 0 Å². The molecule has 0 saturated carbocycles. The molecule has 150 valence electrons. The summed E-state index contributed by atoms with van der Waals surface area (Å²) in [5, 5.41) is 0. The number of unbranched alkanes of at least 4 members (excludes halogenated alkanes) is 13. The van der Waals surface area contributed by atoms with Crippen LogP contribution in [-0.4, -0.2) is 0 Å². The van der Waals surface area contributed by atoms with E-state index in [1.807, 2.05) is 0 Å². The van der Waals surface area contributed by atoms with Crippen LogP contribution in [0.1, 0.15) is 119 Å². The average molecular weight is 471 g/mol. The van der Waals surface area contributed by atoms with Crippen molar-refractivity contribution in [2.75, 3.05) is 0 Å². The lowest BCUT2D eigenvalue weighted by Gasteiger charge is -2.13. The molecule has 0 nitrogen and oxygen atoms in total. The molecule has 26 heavy (non-hydrogen) atoms. The largest absolute Gasteiger partial charge is 0.0812 e. The zero-order valence-corrected chi connectivity index (χ0v) is 20.0. The van der Waals surface area contributed by atoms with Gasteiger partial charge in [0.25, 0.3) is 0 Å². The van der Waals surface area contributed by atoms with Gasteiger partial charge in [0.1, 0.15) is 0 Å². The molecule has 0 saturated heterocycles. The van der Waals surface area contributed by atoms with Gasteiger partial charge in [0.05, 0.1) is 0 Å². The maximum absolute atomic E-state index is 2.51. The zero-order chi connectivity index (χ0) is 19.0. The molecule has 0 N–H and O–H groups in total. The lowest BCUT2D eigenvalue weighted by molar-refractivity contribution is 0.535. The molecule has 1 rings (SSSR count). The highest BCUT2D eigenvalue weighted by atomic mass is 127. The Hall–Kier alpha value is -0.0500. The van der Waals surface area contributed by atoms with Crippen molar-refractivity contribution in [3.05, 3.63) is 34.4 Å². The van der Waals surface area contributed by atoms with Crippen LogP contribution in [0, 0.1) is 13.8 Å². The van der Waals surface area contributed by atoms with Gasteiger partial charge in [-0.15, -0.1) is 0 Å². The van der Waals surface area contributed by atoms with Gasteiger partial charge in [0, 0.05) is 4.43 Å². The summed E-state index contributed by atoms with van der Waals surface area (Å²) < 4.78 is 1.15. The van der Waals surface area contributed by atoms with Crippen molar-refractivity contribution in [1.29, 1.82) is 0 Å². The van der Waals surface area contributed by atoms with E-state index < -0.39 is 0 Å². The molecule has 0 unspecified atom stereocenters. The van der Waals surface area contributed by atoms with Gasteiger partial charge >= 0.3 is 0 Å². The van der Waals surface area contributed by atoms with Crippen LogP contribution in [-0.2, 0) is 10.8 Å².